The van der Waals surface area contributed by atoms with Crippen molar-refractivity contribution in [1.82, 2.24) is 4.98 Å². The number of nitrogens with zero attached hydrogens (tertiary/aromatic N) is 1. The first kappa shape index (κ1) is 11.8. The van der Waals surface area contributed by atoms with Gasteiger partial charge in [-0.1, -0.05) is 24.3 Å². The molecule has 0 fully saturated rings. The lowest BCUT2D eigenvalue weighted by Gasteiger charge is -2.14. The summed E-state index contributed by atoms with van der Waals surface area (Å²) in [6, 6.07) is 12.6. The van der Waals surface area contributed by atoms with E-state index in [1.807, 2.05) is 12.1 Å². The van der Waals surface area contributed by atoms with Crippen molar-refractivity contribution < 1.29 is 4.74 Å². The molecule has 0 bridgehead atoms. The van der Waals surface area contributed by atoms with Gasteiger partial charge in [0.25, 0.3) is 0 Å². The first-order chi connectivity index (χ1) is 9.26. The van der Waals surface area contributed by atoms with Gasteiger partial charge in [-0.3, -0.25) is 0 Å². The Kier molecular flexibility index (Phi) is 2.99. The topological polar surface area (TPSA) is 60.2 Å². The Hall–Kier alpha value is -2.23. The van der Waals surface area contributed by atoms with Crippen LogP contribution in [0.3, 0.4) is 0 Å². The van der Waals surface area contributed by atoms with E-state index < -0.39 is 0 Å². The van der Waals surface area contributed by atoms with Crippen molar-refractivity contribution in [1.29, 1.82) is 0 Å². The van der Waals surface area contributed by atoms with Gasteiger partial charge in [0, 0.05) is 6.04 Å². The Bertz CT molecular complexity index is 573. The number of fused-ring (bicyclic) bond motifs is 1. The minimum absolute atomic E-state index is 0.387. The van der Waals surface area contributed by atoms with Crippen molar-refractivity contribution in [3.63, 3.8) is 0 Å². The van der Waals surface area contributed by atoms with Crippen molar-refractivity contribution in [3.8, 4) is 5.88 Å². The summed E-state index contributed by atoms with van der Waals surface area (Å²) in [5.74, 6) is 1.28. The SMILES string of the molecule is COc1nc(NC2Cc3ccccc3C2)ccc1N. The van der Waals surface area contributed by atoms with Crippen LogP contribution in [0.15, 0.2) is 36.4 Å². The van der Waals surface area contributed by atoms with Crippen LogP contribution in [-0.4, -0.2) is 18.1 Å². The molecule has 3 rings (SSSR count). The molecule has 0 amide bonds. The van der Waals surface area contributed by atoms with E-state index in [4.69, 9.17) is 10.5 Å². The zero-order valence-electron chi connectivity index (χ0n) is 10.9. The van der Waals surface area contributed by atoms with E-state index in [1.165, 1.54) is 11.1 Å². The van der Waals surface area contributed by atoms with Crippen molar-refractivity contribution in [2.75, 3.05) is 18.2 Å². The molecule has 3 N–H and O–H groups in total. The maximum Gasteiger partial charge on any atom is 0.238 e. The minimum Gasteiger partial charge on any atom is -0.479 e. The van der Waals surface area contributed by atoms with Crippen molar-refractivity contribution in [2.24, 2.45) is 0 Å². The Balaban J connectivity index is 1.74. The maximum atomic E-state index is 5.76. The third-order valence-electron chi connectivity index (χ3n) is 3.49. The van der Waals surface area contributed by atoms with Gasteiger partial charge in [-0.2, -0.15) is 4.98 Å². The van der Waals surface area contributed by atoms with Gasteiger partial charge in [0.05, 0.1) is 12.8 Å². The van der Waals surface area contributed by atoms with Gasteiger partial charge in [-0.25, -0.2) is 0 Å². The smallest absolute Gasteiger partial charge is 0.238 e. The van der Waals surface area contributed by atoms with Crippen LogP contribution >= 0.6 is 0 Å². The van der Waals surface area contributed by atoms with Gasteiger partial charge in [0.15, 0.2) is 0 Å². The lowest BCUT2D eigenvalue weighted by atomic mass is 10.1. The number of nitrogens with two attached hydrogens (primary N) is 1. The van der Waals surface area contributed by atoms with Gasteiger partial charge in [0.1, 0.15) is 5.82 Å². The summed E-state index contributed by atoms with van der Waals surface area (Å²) >= 11 is 0. The molecule has 1 aliphatic rings. The van der Waals surface area contributed by atoms with Gasteiger partial charge >= 0.3 is 0 Å². The highest BCUT2D eigenvalue weighted by atomic mass is 16.5. The first-order valence-corrected chi connectivity index (χ1v) is 6.40. The summed E-state index contributed by atoms with van der Waals surface area (Å²) in [7, 11) is 1.58. The number of nitrogens with one attached hydrogen (secondary N) is 1. The van der Waals surface area contributed by atoms with E-state index in [0.29, 0.717) is 17.6 Å². The van der Waals surface area contributed by atoms with Crippen LogP contribution in [0.25, 0.3) is 0 Å². The fraction of sp³-hybridized carbons (Fsp3) is 0.267. The van der Waals surface area contributed by atoms with Crippen molar-refractivity contribution >= 4 is 11.5 Å². The number of benzene rings is 1. The van der Waals surface area contributed by atoms with Crippen LogP contribution in [0.1, 0.15) is 11.1 Å². The van der Waals surface area contributed by atoms with Crippen LogP contribution in [0.2, 0.25) is 0 Å². The molecule has 4 nitrogen and oxygen atoms in total. The molecular weight excluding hydrogens is 238 g/mol. The first-order valence-electron chi connectivity index (χ1n) is 6.40. The average molecular weight is 255 g/mol. The Morgan fingerprint density at radius 2 is 1.84 bits per heavy atom. The number of hydrogen-bond acceptors (Lipinski definition) is 4. The summed E-state index contributed by atoms with van der Waals surface area (Å²) in [4.78, 5) is 4.36. The second kappa shape index (κ2) is 4.80. The average Bonchev–Trinajstić information content (AvgIpc) is 2.83. The molecule has 1 aromatic carbocycles. The number of rotatable bonds is 3. The van der Waals surface area contributed by atoms with Crippen LogP contribution in [0, 0.1) is 0 Å². The molecular formula is C15H17N3O. The van der Waals surface area contributed by atoms with Crippen molar-refractivity contribution in [2.45, 2.75) is 18.9 Å². The summed E-state index contributed by atoms with van der Waals surface area (Å²) in [6.45, 7) is 0. The zero-order valence-corrected chi connectivity index (χ0v) is 10.9. The third-order valence-corrected chi connectivity index (χ3v) is 3.49. The number of hydrogen-bond donors (Lipinski definition) is 2. The van der Waals surface area contributed by atoms with Gasteiger partial charge in [-0.05, 0) is 36.1 Å². The quantitative estimate of drug-likeness (QED) is 0.883. The van der Waals surface area contributed by atoms with Crippen LogP contribution in [-0.2, 0) is 12.8 Å². The second-order valence-corrected chi connectivity index (χ2v) is 4.81. The molecule has 1 aromatic heterocycles. The molecule has 1 aliphatic carbocycles. The fourth-order valence-corrected chi connectivity index (χ4v) is 2.57. The van der Waals surface area contributed by atoms with E-state index in [-0.39, 0.29) is 0 Å². The molecule has 0 saturated carbocycles. The number of methoxy groups -OCH3 is 1. The molecule has 4 heteroatoms. The van der Waals surface area contributed by atoms with Gasteiger partial charge in [0.2, 0.25) is 5.88 Å². The van der Waals surface area contributed by atoms with Gasteiger partial charge < -0.3 is 15.8 Å². The van der Waals surface area contributed by atoms with E-state index in [1.54, 1.807) is 7.11 Å². The highest BCUT2D eigenvalue weighted by Gasteiger charge is 2.21. The summed E-state index contributed by atoms with van der Waals surface area (Å²) in [5, 5.41) is 3.44. The molecule has 0 aliphatic heterocycles. The molecule has 98 valence electrons. The maximum absolute atomic E-state index is 5.76. The van der Waals surface area contributed by atoms with E-state index >= 15 is 0 Å². The Morgan fingerprint density at radius 1 is 1.16 bits per heavy atom. The van der Waals surface area contributed by atoms with Crippen LogP contribution in [0.5, 0.6) is 5.88 Å². The predicted octanol–water partition coefficient (Wildman–Crippen LogP) is 2.25. The Labute approximate surface area is 112 Å². The molecule has 0 saturated heterocycles. The molecule has 19 heavy (non-hydrogen) atoms. The third kappa shape index (κ3) is 2.34. The molecule has 0 atom stereocenters. The standard InChI is InChI=1S/C15H17N3O/c1-19-15-13(16)6-7-14(18-15)17-12-8-10-4-2-3-5-11(10)9-12/h2-7,12H,8-9,16H2,1H3,(H,17,18). The highest BCUT2D eigenvalue weighted by Crippen LogP contribution is 2.26. The van der Waals surface area contributed by atoms with E-state index in [0.717, 1.165) is 18.7 Å². The van der Waals surface area contributed by atoms with E-state index in [2.05, 4.69) is 34.6 Å². The Morgan fingerprint density at radius 3 is 2.47 bits per heavy atom. The monoisotopic (exact) mass is 255 g/mol. The van der Waals surface area contributed by atoms with Crippen LogP contribution in [0.4, 0.5) is 11.5 Å². The number of nitrogen functional groups attached to an aromatic ring is 1. The molecule has 1 heterocycles. The summed E-state index contributed by atoms with van der Waals surface area (Å²) < 4.78 is 5.14. The zero-order chi connectivity index (χ0) is 13.2. The lowest BCUT2D eigenvalue weighted by Crippen LogP contribution is -2.20. The lowest BCUT2D eigenvalue weighted by molar-refractivity contribution is 0.400. The van der Waals surface area contributed by atoms with Crippen LogP contribution < -0.4 is 15.8 Å². The van der Waals surface area contributed by atoms with E-state index in [9.17, 15) is 0 Å². The normalized spacial score (nSPS) is 14.2. The second-order valence-electron chi connectivity index (χ2n) is 4.81. The summed E-state index contributed by atoms with van der Waals surface area (Å²) in [5.41, 5.74) is 9.16. The number of ether oxygens (including phenoxy) is 1. The fourth-order valence-electron chi connectivity index (χ4n) is 2.57. The van der Waals surface area contributed by atoms with Gasteiger partial charge in [-0.15, -0.1) is 0 Å². The molecule has 2 aromatic rings. The van der Waals surface area contributed by atoms with Crippen molar-refractivity contribution in [3.05, 3.63) is 47.5 Å². The molecule has 0 radical (unpaired) electrons. The molecule has 0 unspecified atom stereocenters. The predicted molar refractivity (Wildman–Crippen MR) is 76.5 cm³/mol. The number of pyridine rings is 1. The molecule has 0 spiro atoms. The largest absolute Gasteiger partial charge is 0.479 e. The summed E-state index contributed by atoms with van der Waals surface area (Å²) in [6.07, 6.45) is 2.06. The minimum atomic E-state index is 0.387. The highest BCUT2D eigenvalue weighted by molar-refractivity contribution is 5.54. The number of anilines is 2. The number of aromatic nitrogens is 1.